The van der Waals surface area contributed by atoms with E-state index in [1.165, 1.54) is 36.8 Å². The van der Waals surface area contributed by atoms with Crippen LogP contribution in [-0.2, 0) is 6.54 Å². The van der Waals surface area contributed by atoms with Gasteiger partial charge in [-0.05, 0) is 68.3 Å². The van der Waals surface area contributed by atoms with Crippen molar-refractivity contribution in [1.29, 1.82) is 0 Å². The van der Waals surface area contributed by atoms with Crippen LogP contribution in [0.1, 0.15) is 42.7 Å². The second kappa shape index (κ2) is 9.43. The molecule has 7 nitrogen and oxygen atoms in total. The van der Waals surface area contributed by atoms with Crippen molar-refractivity contribution in [3.05, 3.63) is 72.1 Å². The number of aromatic nitrogens is 4. The van der Waals surface area contributed by atoms with E-state index >= 15 is 0 Å². The molecule has 174 valence electrons. The molecule has 3 aromatic heterocycles. The third-order valence-electron chi connectivity index (χ3n) is 6.94. The Morgan fingerprint density at radius 3 is 2.59 bits per heavy atom. The van der Waals surface area contributed by atoms with Gasteiger partial charge in [0.15, 0.2) is 5.65 Å². The van der Waals surface area contributed by atoms with Gasteiger partial charge in [0, 0.05) is 36.5 Å². The van der Waals surface area contributed by atoms with E-state index in [9.17, 15) is 0 Å². The number of pyridine rings is 1. The Balaban J connectivity index is 1.21. The summed E-state index contributed by atoms with van der Waals surface area (Å²) in [4.78, 5) is 9.41. The summed E-state index contributed by atoms with van der Waals surface area (Å²) in [5.74, 6) is 3.21. The molecular formula is C27H31N7. The minimum atomic E-state index is 0.608. The van der Waals surface area contributed by atoms with Gasteiger partial charge in [-0.15, -0.1) is 0 Å². The molecule has 4 aromatic rings. The Kier molecular flexibility index (Phi) is 5.85. The number of nitrogens with one attached hydrogen (secondary N) is 3. The van der Waals surface area contributed by atoms with E-state index in [2.05, 4.69) is 56.4 Å². The fourth-order valence-electron chi connectivity index (χ4n) is 4.73. The largest absolute Gasteiger partial charge is 0.370 e. The molecular weight excluding hydrogens is 422 g/mol. The van der Waals surface area contributed by atoms with Crippen molar-refractivity contribution in [2.45, 2.75) is 38.1 Å². The zero-order valence-electron chi connectivity index (χ0n) is 19.4. The molecule has 4 heterocycles. The Hall–Kier alpha value is -3.45. The second-order valence-electron chi connectivity index (χ2n) is 9.48. The smallest absolute Gasteiger partial charge is 0.163 e. The highest BCUT2D eigenvalue weighted by molar-refractivity contribution is 5.62. The number of piperidine rings is 1. The van der Waals surface area contributed by atoms with Gasteiger partial charge in [-0.2, -0.15) is 9.61 Å². The van der Waals surface area contributed by atoms with Crippen LogP contribution in [0.4, 0.5) is 11.6 Å². The average Bonchev–Trinajstić information content (AvgIpc) is 3.66. The minimum Gasteiger partial charge on any atom is -0.370 e. The highest BCUT2D eigenvalue weighted by Gasteiger charge is 2.28. The molecule has 1 saturated carbocycles. The molecule has 7 heteroatoms. The fourth-order valence-corrected chi connectivity index (χ4v) is 4.73. The number of fused-ring (bicyclic) bond motifs is 1. The van der Waals surface area contributed by atoms with Crippen LogP contribution in [0.2, 0.25) is 0 Å². The van der Waals surface area contributed by atoms with Crippen molar-refractivity contribution in [3.8, 4) is 11.3 Å². The predicted molar refractivity (Wildman–Crippen MR) is 136 cm³/mol. The van der Waals surface area contributed by atoms with Gasteiger partial charge < -0.3 is 16.0 Å². The molecule has 0 amide bonds. The zero-order valence-corrected chi connectivity index (χ0v) is 19.4. The molecule has 2 fully saturated rings. The summed E-state index contributed by atoms with van der Waals surface area (Å²) in [5, 5.41) is 15.4. The molecule has 34 heavy (non-hydrogen) atoms. The van der Waals surface area contributed by atoms with Gasteiger partial charge in [0.25, 0.3) is 0 Å². The van der Waals surface area contributed by atoms with Crippen molar-refractivity contribution in [3.63, 3.8) is 0 Å². The summed E-state index contributed by atoms with van der Waals surface area (Å²) < 4.78 is 1.96. The van der Waals surface area contributed by atoms with Crippen molar-refractivity contribution >= 4 is 17.3 Å². The number of rotatable bonds is 8. The van der Waals surface area contributed by atoms with Crippen LogP contribution in [0.25, 0.3) is 16.9 Å². The van der Waals surface area contributed by atoms with Crippen molar-refractivity contribution in [1.82, 2.24) is 24.9 Å². The molecule has 0 spiro atoms. The average molecular weight is 454 g/mol. The molecule has 2 aliphatic rings. The fraction of sp³-hybridized carbons (Fsp3) is 0.370. The minimum absolute atomic E-state index is 0.608. The number of hydrogen-bond acceptors (Lipinski definition) is 6. The van der Waals surface area contributed by atoms with E-state index in [1.54, 1.807) is 0 Å². The Morgan fingerprint density at radius 1 is 0.971 bits per heavy atom. The van der Waals surface area contributed by atoms with E-state index in [4.69, 9.17) is 4.98 Å². The molecule has 6 rings (SSSR count). The van der Waals surface area contributed by atoms with Crippen LogP contribution < -0.4 is 16.0 Å². The Labute approximate surface area is 200 Å². The second-order valence-corrected chi connectivity index (χ2v) is 9.48. The topological polar surface area (TPSA) is 79.2 Å². The van der Waals surface area contributed by atoms with Crippen molar-refractivity contribution < 1.29 is 0 Å². The third-order valence-corrected chi connectivity index (χ3v) is 6.94. The molecule has 3 N–H and O–H groups in total. The predicted octanol–water partition coefficient (Wildman–Crippen LogP) is 4.69. The molecule has 1 aliphatic carbocycles. The Bertz CT molecular complexity index is 1240. The van der Waals surface area contributed by atoms with Crippen molar-refractivity contribution in [2.75, 3.05) is 30.3 Å². The lowest BCUT2D eigenvalue weighted by molar-refractivity contribution is 0.389. The molecule has 1 aliphatic heterocycles. The lowest BCUT2D eigenvalue weighted by Gasteiger charge is -2.23. The zero-order chi connectivity index (χ0) is 22.7. The first kappa shape index (κ1) is 21.1. The number of anilines is 2. The molecule has 0 unspecified atom stereocenters. The summed E-state index contributed by atoms with van der Waals surface area (Å²) in [7, 11) is 0. The van der Waals surface area contributed by atoms with Gasteiger partial charge in [0.2, 0.25) is 0 Å². The van der Waals surface area contributed by atoms with E-state index in [1.807, 2.05) is 35.1 Å². The van der Waals surface area contributed by atoms with Gasteiger partial charge >= 0.3 is 0 Å². The molecule has 1 aromatic carbocycles. The van der Waals surface area contributed by atoms with Gasteiger partial charge in [-0.1, -0.05) is 30.3 Å². The quantitative estimate of drug-likeness (QED) is 0.359. The van der Waals surface area contributed by atoms with Gasteiger partial charge in [0.05, 0.1) is 11.9 Å². The van der Waals surface area contributed by atoms with Crippen LogP contribution in [0.15, 0.2) is 60.9 Å². The van der Waals surface area contributed by atoms with Gasteiger partial charge in [-0.25, -0.2) is 4.98 Å². The Morgan fingerprint density at radius 2 is 1.82 bits per heavy atom. The van der Waals surface area contributed by atoms with E-state index in [-0.39, 0.29) is 0 Å². The number of benzene rings is 1. The monoisotopic (exact) mass is 453 g/mol. The van der Waals surface area contributed by atoms with E-state index in [0.717, 1.165) is 48.2 Å². The van der Waals surface area contributed by atoms with Crippen LogP contribution in [-0.4, -0.2) is 39.2 Å². The molecule has 1 saturated heterocycles. The lowest BCUT2D eigenvalue weighted by atomic mass is 9.98. The maximum atomic E-state index is 4.97. The SMILES string of the molecule is c1ccc(-c2ccc(CNc3cc(NCC4CCNCC4)nc4c(C5CC5)cnn34)cc2)nc1. The van der Waals surface area contributed by atoms with E-state index in [0.29, 0.717) is 18.4 Å². The maximum Gasteiger partial charge on any atom is 0.163 e. The van der Waals surface area contributed by atoms with Gasteiger partial charge in [-0.3, -0.25) is 4.98 Å². The summed E-state index contributed by atoms with van der Waals surface area (Å²) in [5.41, 5.74) is 5.58. The van der Waals surface area contributed by atoms with Crippen LogP contribution >= 0.6 is 0 Å². The summed E-state index contributed by atoms with van der Waals surface area (Å²) in [6, 6.07) is 16.7. The highest BCUT2D eigenvalue weighted by Crippen LogP contribution is 2.42. The first-order chi connectivity index (χ1) is 16.8. The molecule has 0 atom stereocenters. The first-order valence-electron chi connectivity index (χ1n) is 12.4. The lowest BCUT2D eigenvalue weighted by Crippen LogP contribution is -2.31. The van der Waals surface area contributed by atoms with Crippen LogP contribution in [0.5, 0.6) is 0 Å². The molecule has 0 bridgehead atoms. The molecule has 0 radical (unpaired) electrons. The van der Waals surface area contributed by atoms with Crippen molar-refractivity contribution in [2.24, 2.45) is 5.92 Å². The summed E-state index contributed by atoms with van der Waals surface area (Å²) >= 11 is 0. The summed E-state index contributed by atoms with van der Waals surface area (Å²) in [6.45, 7) is 3.90. The van der Waals surface area contributed by atoms with E-state index < -0.39 is 0 Å². The summed E-state index contributed by atoms with van der Waals surface area (Å²) in [6.07, 6.45) is 8.74. The van der Waals surface area contributed by atoms with Crippen LogP contribution in [0, 0.1) is 5.92 Å². The third kappa shape index (κ3) is 4.61. The standard InChI is InChI=1S/C27H31N7/c1-2-12-29-24(3-1)22-6-4-19(5-7-22)17-31-26-15-25(30-16-20-10-13-28-14-11-20)33-27-23(21-8-9-21)18-32-34(26)27/h1-7,12,15,18,20-21,28,31H,8-11,13-14,16-17H2,(H,30,33). The first-order valence-corrected chi connectivity index (χ1v) is 12.4. The van der Waals surface area contributed by atoms with Gasteiger partial charge in [0.1, 0.15) is 11.6 Å². The number of hydrogen-bond donors (Lipinski definition) is 3. The highest BCUT2D eigenvalue weighted by atomic mass is 15.3. The maximum absolute atomic E-state index is 4.97. The normalized spacial score (nSPS) is 16.6. The number of nitrogens with zero attached hydrogens (tertiary/aromatic N) is 4. The van der Waals surface area contributed by atoms with Crippen LogP contribution in [0.3, 0.4) is 0 Å².